The summed E-state index contributed by atoms with van der Waals surface area (Å²) in [6.07, 6.45) is 2.57. The van der Waals surface area contributed by atoms with Crippen LogP contribution in [-0.2, 0) is 9.53 Å². The van der Waals surface area contributed by atoms with Crippen LogP contribution in [0.4, 0.5) is 10.5 Å². The summed E-state index contributed by atoms with van der Waals surface area (Å²) in [6.45, 7) is 4.98. The molecule has 1 atom stereocenters. The number of benzene rings is 3. The van der Waals surface area contributed by atoms with E-state index in [-0.39, 0.29) is 17.0 Å². The van der Waals surface area contributed by atoms with Gasteiger partial charge in [0, 0.05) is 48.0 Å². The molecule has 0 spiro atoms. The maximum Gasteiger partial charge on any atom is 0.338 e. The summed E-state index contributed by atoms with van der Waals surface area (Å²) < 4.78 is 23.3. The average molecular weight is 664 g/mol. The van der Waals surface area contributed by atoms with Gasteiger partial charge < -0.3 is 24.3 Å². The van der Waals surface area contributed by atoms with E-state index < -0.39 is 6.03 Å². The van der Waals surface area contributed by atoms with Crippen LogP contribution < -0.4 is 25.0 Å². The van der Waals surface area contributed by atoms with Gasteiger partial charge in [0.15, 0.2) is 11.5 Å². The Labute approximate surface area is 276 Å². The van der Waals surface area contributed by atoms with Gasteiger partial charge in [0.25, 0.3) is 5.91 Å². The second kappa shape index (κ2) is 14.9. The van der Waals surface area contributed by atoms with E-state index in [0.29, 0.717) is 45.8 Å². The Hall–Kier alpha value is -4.23. The molecule has 0 radical (unpaired) electrons. The number of hydrogen-bond acceptors (Lipinski definition) is 9. The molecular weight excluding hydrogens is 630 g/mol. The topological polar surface area (TPSA) is 114 Å². The lowest BCUT2D eigenvalue weighted by molar-refractivity contribution is -0.130. The Kier molecular flexibility index (Phi) is 10.3. The van der Waals surface area contributed by atoms with Crippen LogP contribution in [0.1, 0.15) is 17.4 Å². The van der Waals surface area contributed by atoms with Gasteiger partial charge in [-0.1, -0.05) is 23.7 Å². The molecule has 240 valence electrons. The van der Waals surface area contributed by atoms with Gasteiger partial charge >= 0.3 is 6.03 Å². The minimum absolute atomic E-state index is 0.187. The molecule has 1 aromatic heterocycles. The molecule has 2 aliphatic heterocycles. The molecule has 2 aliphatic rings. The number of pyridine rings is 1. The lowest BCUT2D eigenvalue weighted by Crippen LogP contribution is -2.46. The number of urea groups is 1. The number of rotatable bonds is 11. The zero-order chi connectivity index (χ0) is 31.9. The highest BCUT2D eigenvalue weighted by Gasteiger charge is 2.34. The molecule has 6 rings (SSSR count). The van der Waals surface area contributed by atoms with E-state index in [9.17, 15) is 9.59 Å². The first kappa shape index (κ1) is 31.7. The van der Waals surface area contributed by atoms with E-state index in [0.717, 1.165) is 50.2 Å². The summed E-state index contributed by atoms with van der Waals surface area (Å²) in [5.41, 5.74) is 4.78. The van der Waals surface area contributed by atoms with Crippen molar-refractivity contribution in [3.63, 3.8) is 0 Å². The van der Waals surface area contributed by atoms with Crippen LogP contribution in [0.15, 0.2) is 72.9 Å². The van der Waals surface area contributed by atoms with Gasteiger partial charge in [-0.05, 0) is 60.5 Å². The summed E-state index contributed by atoms with van der Waals surface area (Å²) in [5.74, 6) is 2.46. The highest BCUT2D eigenvalue weighted by atomic mass is 35.5. The molecule has 3 aromatic carbocycles. The van der Waals surface area contributed by atoms with Gasteiger partial charge in [0.2, 0.25) is 0 Å². The summed E-state index contributed by atoms with van der Waals surface area (Å²) in [6, 6.07) is 19.1. The van der Waals surface area contributed by atoms with E-state index in [4.69, 9.17) is 30.5 Å². The monoisotopic (exact) mass is 663 g/mol. The highest BCUT2D eigenvalue weighted by molar-refractivity contribution is 8.00. The van der Waals surface area contributed by atoms with Gasteiger partial charge in [0.05, 0.1) is 38.2 Å². The number of anilines is 1. The highest BCUT2D eigenvalue weighted by Crippen LogP contribution is 2.39. The van der Waals surface area contributed by atoms with Crippen molar-refractivity contribution in [3.05, 3.63) is 83.5 Å². The molecule has 2 saturated heterocycles. The van der Waals surface area contributed by atoms with E-state index in [2.05, 4.69) is 20.6 Å². The molecule has 11 nitrogen and oxygen atoms in total. The Morgan fingerprint density at radius 1 is 1.04 bits per heavy atom. The number of aromatic nitrogens is 1. The SMILES string of the molecule is COc1cc2c(Oc3ccc(NC(=O)NN4C(=O)CSC4c4ccc(Cl)cc4)cc3)ccnc2cc1OCCCN1CCOCC1. The number of carbonyl (C=O) groups excluding carboxylic acids is 2. The quantitative estimate of drug-likeness (QED) is 0.184. The van der Waals surface area contributed by atoms with Crippen molar-refractivity contribution < 1.29 is 28.5 Å². The minimum atomic E-state index is -0.533. The molecule has 1 unspecified atom stereocenters. The minimum Gasteiger partial charge on any atom is -0.493 e. The van der Waals surface area contributed by atoms with Crippen molar-refractivity contribution >= 4 is 51.9 Å². The van der Waals surface area contributed by atoms with Crippen LogP contribution in [0.5, 0.6) is 23.0 Å². The fourth-order valence-corrected chi connectivity index (χ4v) is 6.44. The number of thioether (sulfide) groups is 1. The largest absolute Gasteiger partial charge is 0.493 e. The van der Waals surface area contributed by atoms with Crippen molar-refractivity contribution in [2.75, 3.05) is 57.6 Å². The zero-order valence-electron chi connectivity index (χ0n) is 25.2. The third-order valence-electron chi connectivity index (χ3n) is 7.55. The molecule has 2 N–H and O–H groups in total. The Balaban J connectivity index is 1.06. The molecule has 13 heteroatoms. The van der Waals surface area contributed by atoms with Crippen molar-refractivity contribution in [2.24, 2.45) is 0 Å². The first-order valence-electron chi connectivity index (χ1n) is 14.9. The van der Waals surface area contributed by atoms with Crippen LogP contribution in [0.3, 0.4) is 0 Å². The lowest BCUT2D eigenvalue weighted by atomic mass is 10.1. The van der Waals surface area contributed by atoms with E-state index in [1.54, 1.807) is 55.8 Å². The number of morpholine rings is 1. The number of hydrazine groups is 1. The van der Waals surface area contributed by atoms with E-state index in [1.807, 2.05) is 24.3 Å². The second-order valence-electron chi connectivity index (χ2n) is 10.7. The summed E-state index contributed by atoms with van der Waals surface area (Å²) >= 11 is 7.44. The number of hydrogen-bond donors (Lipinski definition) is 2. The van der Waals surface area contributed by atoms with Crippen LogP contribution in [0, 0.1) is 0 Å². The Bertz CT molecular complexity index is 1670. The van der Waals surface area contributed by atoms with Crippen molar-refractivity contribution in [3.8, 4) is 23.0 Å². The first-order chi connectivity index (χ1) is 22.5. The molecule has 0 aliphatic carbocycles. The van der Waals surface area contributed by atoms with Crippen LogP contribution in [0.2, 0.25) is 5.02 Å². The van der Waals surface area contributed by atoms with Crippen LogP contribution in [0.25, 0.3) is 10.9 Å². The zero-order valence-corrected chi connectivity index (χ0v) is 26.8. The van der Waals surface area contributed by atoms with Gasteiger partial charge in [-0.15, -0.1) is 11.8 Å². The third kappa shape index (κ3) is 7.76. The fourth-order valence-electron chi connectivity index (χ4n) is 5.21. The van der Waals surface area contributed by atoms with E-state index >= 15 is 0 Å². The standard InChI is InChI=1S/C33H34ClN5O6S/c1-42-29-19-26-27(20-30(29)44-16-2-13-38-14-17-43-18-15-38)35-12-11-28(26)45-25-9-7-24(8-10-25)36-33(41)37-39-31(40)21-46-32(39)22-3-5-23(34)6-4-22/h3-12,19-20,32H,2,13-18,21H2,1H3,(H2,36,37,41). The number of halogens is 1. The average Bonchev–Trinajstić information content (AvgIpc) is 3.43. The smallest absolute Gasteiger partial charge is 0.338 e. The summed E-state index contributed by atoms with van der Waals surface area (Å²) in [5, 5.41) is 5.14. The van der Waals surface area contributed by atoms with Crippen molar-refractivity contribution in [1.82, 2.24) is 20.3 Å². The van der Waals surface area contributed by atoms with E-state index in [1.165, 1.54) is 16.8 Å². The molecule has 4 aromatic rings. The van der Waals surface area contributed by atoms with Crippen molar-refractivity contribution in [2.45, 2.75) is 11.8 Å². The number of amides is 3. The summed E-state index contributed by atoms with van der Waals surface area (Å²) in [4.78, 5) is 32.2. The van der Waals surface area contributed by atoms with Gasteiger partial charge in [0.1, 0.15) is 16.9 Å². The number of carbonyl (C=O) groups is 2. The maximum atomic E-state index is 12.8. The molecule has 0 saturated carbocycles. The number of ether oxygens (including phenoxy) is 4. The summed E-state index contributed by atoms with van der Waals surface area (Å²) in [7, 11) is 1.61. The van der Waals surface area contributed by atoms with Crippen LogP contribution >= 0.6 is 23.4 Å². The lowest BCUT2D eigenvalue weighted by Gasteiger charge is -2.26. The van der Waals surface area contributed by atoms with Crippen molar-refractivity contribution in [1.29, 1.82) is 0 Å². The predicted octanol–water partition coefficient (Wildman–Crippen LogP) is 6.10. The normalized spacial score (nSPS) is 16.8. The second-order valence-corrected chi connectivity index (χ2v) is 12.2. The third-order valence-corrected chi connectivity index (χ3v) is 9.02. The Morgan fingerprint density at radius 2 is 1.83 bits per heavy atom. The number of nitrogens with zero attached hydrogens (tertiary/aromatic N) is 3. The number of nitrogens with one attached hydrogen (secondary N) is 2. The first-order valence-corrected chi connectivity index (χ1v) is 16.3. The fraction of sp³-hybridized carbons (Fsp3) is 0.303. The molecular formula is C33H34ClN5O6S. The molecule has 3 amide bonds. The number of fused-ring (bicyclic) bond motifs is 1. The molecule has 3 heterocycles. The van der Waals surface area contributed by atoms with Gasteiger partial charge in [-0.3, -0.25) is 14.7 Å². The molecule has 46 heavy (non-hydrogen) atoms. The predicted molar refractivity (Wildman–Crippen MR) is 178 cm³/mol. The Morgan fingerprint density at radius 3 is 2.59 bits per heavy atom. The number of methoxy groups -OCH3 is 1. The van der Waals surface area contributed by atoms with Gasteiger partial charge in [-0.2, -0.15) is 0 Å². The van der Waals surface area contributed by atoms with Gasteiger partial charge in [-0.25, -0.2) is 15.2 Å². The maximum absolute atomic E-state index is 12.8. The van der Waals surface area contributed by atoms with Crippen LogP contribution in [-0.4, -0.2) is 79.1 Å². The molecule has 0 bridgehead atoms. The molecule has 2 fully saturated rings.